The third kappa shape index (κ3) is 2.50. The van der Waals surface area contributed by atoms with E-state index in [1.54, 1.807) is 6.92 Å². The van der Waals surface area contributed by atoms with E-state index < -0.39 is 6.04 Å². The number of carbonyl (C=O) groups excluding carboxylic acids is 2. The van der Waals surface area contributed by atoms with Gasteiger partial charge in [-0.05, 0) is 6.92 Å². The zero-order valence-corrected chi connectivity index (χ0v) is 9.55. The Bertz CT molecular complexity index is 404. The van der Waals surface area contributed by atoms with E-state index in [2.05, 4.69) is 15.5 Å². The topological polar surface area (TPSA) is 88.3 Å². The summed E-state index contributed by atoms with van der Waals surface area (Å²) in [5.74, 6) is 0.248. The molecule has 1 fully saturated rings. The van der Waals surface area contributed by atoms with E-state index in [0.717, 1.165) is 0 Å². The fraction of sp³-hybridized carbons (Fsp3) is 0.600. The molecule has 0 aromatic carbocycles. The van der Waals surface area contributed by atoms with Crippen molar-refractivity contribution in [1.82, 2.24) is 20.4 Å². The second kappa shape index (κ2) is 5.05. The van der Waals surface area contributed by atoms with Gasteiger partial charge in [0.25, 0.3) is 0 Å². The first-order valence-electron chi connectivity index (χ1n) is 5.55. The summed E-state index contributed by atoms with van der Waals surface area (Å²) in [6.07, 6.45) is 2.11. The minimum atomic E-state index is -0.412. The second-order valence-corrected chi connectivity index (χ2v) is 3.77. The van der Waals surface area contributed by atoms with Gasteiger partial charge in [0.05, 0.1) is 12.5 Å². The summed E-state index contributed by atoms with van der Waals surface area (Å²) in [4.78, 5) is 28.3. The fourth-order valence-corrected chi connectivity index (χ4v) is 1.83. The molecule has 7 heteroatoms. The standard InChI is InChI=1S/C10H14N4O3/c1-2-14-9(15)5-7(10(14)16)11-4-3-8-12-6-13-17-8/h6-7,11H,2-5H2,1H3. The Morgan fingerprint density at radius 2 is 2.41 bits per heavy atom. The van der Waals surface area contributed by atoms with Gasteiger partial charge in [-0.25, -0.2) is 0 Å². The average Bonchev–Trinajstić information content (AvgIpc) is 2.89. The fourth-order valence-electron chi connectivity index (χ4n) is 1.83. The highest BCUT2D eigenvalue weighted by molar-refractivity contribution is 6.05. The number of likely N-dealkylation sites (N-methyl/N-ethyl adjacent to an activating group) is 1. The first kappa shape index (κ1) is 11.7. The summed E-state index contributed by atoms with van der Waals surface area (Å²) in [7, 11) is 0. The van der Waals surface area contributed by atoms with Gasteiger partial charge in [0.15, 0.2) is 6.33 Å². The molecule has 17 heavy (non-hydrogen) atoms. The van der Waals surface area contributed by atoms with Crippen LogP contribution in [0.4, 0.5) is 0 Å². The Hall–Kier alpha value is -1.76. The molecule has 1 atom stereocenters. The predicted molar refractivity (Wildman–Crippen MR) is 56.8 cm³/mol. The third-order valence-electron chi connectivity index (χ3n) is 2.70. The molecule has 1 unspecified atom stereocenters. The van der Waals surface area contributed by atoms with Crippen molar-refractivity contribution >= 4 is 11.8 Å². The number of likely N-dealkylation sites (tertiary alicyclic amines) is 1. The molecule has 1 aliphatic heterocycles. The smallest absolute Gasteiger partial charge is 0.246 e. The third-order valence-corrected chi connectivity index (χ3v) is 2.70. The van der Waals surface area contributed by atoms with Crippen LogP contribution in [0.1, 0.15) is 19.2 Å². The highest BCUT2D eigenvalue weighted by Crippen LogP contribution is 2.12. The number of imide groups is 1. The number of carbonyl (C=O) groups is 2. The SMILES string of the molecule is CCN1C(=O)CC(NCCc2ncno2)C1=O. The van der Waals surface area contributed by atoms with Crippen LogP contribution in [-0.4, -0.2) is 46.0 Å². The lowest BCUT2D eigenvalue weighted by Crippen LogP contribution is -2.39. The predicted octanol–water partition coefficient (Wildman–Crippen LogP) is -0.651. The summed E-state index contributed by atoms with van der Waals surface area (Å²) in [5.41, 5.74) is 0. The van der Waals surface area contributed by atoms with E-state index in [9.17, 15) is 9.59 Å². The van der Waals surface area contributed by atoms with Crippen molar-refractivity contribution in [3.63, 3.8) is 0 Å². The van der Waals surface area contributed by atoms with Crippen molar-refractivity contribution in [3.05, 3.63) is 12.2 Å². The number of rotatable bonds is 5. The maximum atomic E-state index is 11.7. The molecule has 1 aliphatic rings. The van der Waals surface area contributed by atoms with Gasteiger partial charge in [-0.15, -0.1) is 0 Å². The minimum Gasteiger partial charge on any atom is -0.340 e. The second-order valence-electron chi connectivity index (χ2n) is 3.77. The molecule has 2 rings (SSSR count). The van der Waals surface area contributed by atoms with Crippen LogP contribution in [0.5, 0.6) is 0 Å². The molecule has 7 nitrogen and oxygen atoms in total. The molecule has 1 aromatic rings. The van der Waals surface area contributed by atoms with Gasteiger partial charge in [-0.2, -0.15) is 4.98 Å². The number of aromatic nitrogens is 2. The summed E-state index contributed by atoms with van der Waals surface area (Å²) in [6.45, 7) is 2.75. The molecule has 0 bridgehead atoms. The highest BCUT2D eigenvalue weighted by atomic mass is 16.5. The van der Waals surface area contributed by atoms with E-state index in [4.69, 9.17) is 4.52 Å². The largest absolute Gasteiger partial charge is 0.340 e. The van der Waals surface area contributed by atoms with E-state index in [0.29, 0.717) is 25.4 Å². The van der Waals surface area contributed by atoms with Gasteiger partial charge >= 0.3 is 0 Å². The quantitative estimate of drug-likeness (QED) is 0.686. The maximum absolute atomic E-state index is 11.7. The van der Waals surface area contributed by atoms with Crippen LogP contribution >= 0.6 is 0 Å². The van der Waals surface area contributed by atoms with Gasteiger partial charge in [0.1, 0.15) is 0 Å². The number of nitrogens with one attached hydrogen (secondary N) is 1. The minimum absolute atomic E-state index is 0.118. The van der Waals surface area contributed by atoms with Crippen LogP contribution in [-0.2, 0) is 16.0 Å². The Balaban J connectivity index is 1.80. The number of hydrogen-bond donors (Lipinski definition) is 1. The van der Waals surface area contributed by atoms with Crippen LogP contribution in [0.3, 0.4) is 0 Å². The van der Waals surface area contributed by atoms with Gasteiger partial charge in [-0.1, -0.05) is 5.16 Å². The van der Waals surface area contributed by atoms with Crippen LogP contribution in [0, 0.1) is 0 Å². The van der Waals surface area contributed by atoms with E-state index in [-0.39, 0.29) is 18.2 Å². The van der Waals surface area contributed by atoms with Crippen molar-refractivity contribution in [1.29, 1.82) is 0 Å². The summed E-state index contributed by atoms with van der Waals surface area (Å²) in [5, 5.41) is 6.51. The average molecular weight is 238 g/mol. The first-order valence-corrected chi connectivity index (χ1v) is 5.55. The van der Waals surface area contributed by atoms with Crippen LogP contribution in [0.15, 0.2) is 10.9 Å². The van der Waals surface area contributed by atoms with Crippen LogP contribution in [0.2, 0.25) is 0 Å². The Labute approximate surface area is 98.2 Å². The molecule has 0 spiro atoms. The molecule has 0 aliphatic carbocycles. The Kier molecular flexibility index (Phi) is 3.48. The summed E-state index contributed by atoms with van der Waals surface area (Å²) < 4.78 is 4.83. The molecule has 0 saturated carbocycles. The van der Waals surface area contributed by atoms with Crippen LogP contribution < -0.4 is 5.32 Å². The van der Waals surface area contributed by atoms with Gasteiger partial charge in [0.2, 0.25) is 17.7 Å². The molecule has 92 valence electrons. The van der Waals surface area contributed by atoms with Crippen molar-refractivity contribution in [2.75, 3.05) is 13.1 Å². The number of amides is 2. The lowest BCUT2D eigenvalue weighted by atomic mass is 10.2. The monoisotopic (exact) mass is 238 g/mol. The lowest BCUT2D eigenvalue weighted by Gasteiger charge is -2.12. The van der Waals surface area contributed by atoms with E-state index >= 15 is 0 Å². The van der Waals surface area contributed by atoms with Crippen molar-refractivity contribution in [2.45, 2.75) is 25.8 Å². The maximum Gasteiger partial charge on any atom is 0.246 e. The van der Waals surface area contributed by atoms with E-state index in [1.165, 1.54) is 11.2 Å². The zero-order chi connectivity index (χ0) is 12.3. The van der Waals surface area contributed by atoms with Gasteiger partial charge in [0, 0.05) is 19.5 Å². The lowest BCUT2D eigenvalue weighted by molar-refractivity contribution is -0.138. The molecule has 1 N–H and O–H groups in total. The summed E-state index contributed by atoms with van der Waals surface area (Å²) in [6, 6.07) is -0.412. The van der Waals surface area contributed by atoms with Crippen molar-refractivity contribution in [2.24, 2.45) is 0 Å². The van der Waals surface area contributed by atoms with Gasteiger partial charge in [-0.3, -0.25) is 14.5 Å². The number of hydrogen-bond acceptors (Lipinski definition) is 6. The molecular weight excluding hydrogens is 224 g/mol. The van der Waals surface area contributed by atoms with Crippen LogP contribution in [0.25, 0.3) is 0 Å². The summed E-state index contributed by atoms with van der Waals surface area (Å²) >= 11 is 0. The molecule has 1 saturated heterocycles. The molecule has 1 aromatic heterocycles. The number of nitrogens with zero attached hydrogens (tertiary/aromatic N) is 3. The van der Waals surface area contributed by atoms with Crippen molar-refractivity contribution < 1.29 is 14.1 Å². The Morgan fingerprint density at radius 1 is 1.59 bits per heavy atom. The molecule has 2 amide bonds. The first-order chi connectivity index (χ1) is 8.22. The zero-order valence-electron chi connectivity index (χ0n) is 9.55. The van der Waals surface area contributed by atoms with Gasteiger partial charge < -0.3 is 9.84 Å². The molecule has 0 radical (unpaired) electrons. The van der Waals surface area contributed by atoms with E-state index in [1.807, 2.05) is 0 Å². The Morgan fingerprint density at radius 3 is 3.00 bits per heavy atom. The molecular formula is C10H14N4O3. The highest BCUT2D eigenvalue weighted by Gasteiger charge is 2.36. The molecule has 2 heterocycles. The normalized spacial score (nSPS) is 20.3. The van der Waals surface area contributed by atoms with Crippen molar-refractivity contribution in [3.8, 4) is 0 Å².